The second-order valence-electron chi connectivity index (χ2n) is 13.5. The predicted octanol–water partition coefficient (Wildman–Crippen LogP) is 11.6. The van der Waals surface area contributed by atoms with Crippen molar-refractivity contribution in [3.05, 3.63) is 0 Å². The molecule has 0 nitrogen and oxygen atoms in total. The Morgan fingerprint density at radius 3 is 0.344 bits per heavy atom. The van der Waals surface area contributed by atoms with Gasteiger partial charge in [-0.15, -0.1) is 0 Å². The van der Waals surface area contributed by atoms with Crippen molar-refractivity contribution in [2.75, 3.05) is 0 Å². The summed E-state index contributed by atoms with van der Waals surface area (Å²) in [5.41, 5.74) is 0. The first-order valence-corrected chi connectivity index (χ1v) is 15.2. The molecular formula is C32H66. The lowest BCUT2D eigenvalue weighted by Gasteiger charge is -2.22. The van der Waals surface area contributed by atoms with Crippen molar-refractivity contribution in [2.24, 2.45) is 47.3 Å². The van der Waals surface area contributed by atoms with Gasteiger partial charge in [-0.05, 0) is 47.3 Å². The molecule has 0 N–H and O–H groups in total. The van der Waals surface area contributed by atoms with Crippen LogP contribution in [0.3, 0.4) is 0 Å². The molecule has 0 aliphatic heterocycles. The van der Waals surface area contributed by atoms with E-state index in [2.05, 4.69) is 55.4 Å². The van der Waals surface area contributed by atoms with Crippen LogP contribution in [-0.4, -0.2) is 0 Å². The van der Waals surface area contributed by atoms with Gasteiger partial charge in [0.1, 0.15) is 0 Å². The number of hydrogen-bond acceptors (Lipinski definition) is 0. The van der Waals surface area contributed by atoms with Gasteiger partial charge in [-0.25, -0.2) is 0 Å². The van der Waals surface area contributed by atoms with E-state index in [0.29, 0.717) is 0 Å². The zero-order chi connectivity index (χ0) is 23.9. The lowest BCUT2D eigenvalue weighted by molar-refractivity contribution is 0.308. The molecule has 0 aromatic rings. The second-order valence-corrected chi connectivity index (χ2v) is 13.5. The molecule has 0 saturated heterocycles. The van der Waals surface area contributed by atoms with E-state index in [4.69, 9.17) is 0 Å². The van der Waals surface area contributed by atoms with Gasteiger partial charge in [-0.3, -0.25) is 0 Å². The van der Waals surface area contributed by atoms with Crippen LogP contribution in [0.5, 0.6) is 0 Å². The Labute approximate surface area is 207 Å². The van der Waals surface area contributed by atoms with Crippen LogP contribution in [-0.2, 0) is 0 Å². The molecule has 0 heteroatoms. The normalized spacial score (nSPS) is 39.8. The highest BCUT2D eigenvalue weighted by Crippen LogP contribution is 2.29. The van der Waals surface area contributed by atoms with Gasteiger partial charge in [-0.1, -0.05) is 158 Å². The minimum absolute atomic E-state index is 0. The van der Waals surface area contributed by atoms with Crippen molar-refractivity contribution in [3.8, 4) is 0 Å². The van der Waals surface area contributed by atoms with Gasteiger partial charge < -0.3 is 0 Å². The molecule has 0 heterocycles. The number of rotatable bonds is 0. The van der Waals surface area contributed by atoms with E-state index in [9.17, 15) is 0 Å². The van der Waals surface area contributed by atoms with Crippen LogP contribution < -0.4 is 0 Å². The third kappa shape index (κ3) is 15.8. The molecule has 4 saturated carbocycles. The maximum atomic E-state index is 2.37. The molecule has 0 aromatic carbocycles. The molecule has 0 amide bonds. The van der Waals surface area contributed by atoms with Gasteiger partial charge in [0.15, 0.2) is 0 Å². The maximum absolute atomic E-state index is 2.37. The first-order chi connectivity index (χ1) is 15.2. The molecule has 0 unspecified atom stereocenters. The summed E-state index contributed by atoms with van der Waals surface area (Å²) in [5, 5.41) is 0. The van der Waals surface area contributed by atoms with Crippen LogP contribution in [0.1, 0.15) is 160 Å². The molecule has 4 aliphatic rings. The van der Waals surface area contributed by atoms with E-state index in [1.54, 1.807) is 0 Å². The largest absolute Gasteiger partial charge is 0.0625 e. The molecule has 0 radical (unpaired) electrons. The summed E-state index contributed by atoms with van der Waals surface area (Å²) in [6.07, 6.45) is 23.6. The van der Waals surface area contributed by atoms with E-state index in [1.165, 1.54) is 103 Å². The van der Waals surface area contributed by atoms with E-state index >= 15 is 0 Å². The summed E-state index contributed by atoms with van der Waals surface area (Å²) in [4.78, 5) is 0. The molecular weight excluding hydrogens is 384 g/mol. The molecule has 0 aromatic heterocycles. The van der Waals surface area contributed by atoms with E-state index in [1.807, 2.05) is 0 Å². The Balaban J connectivity index is 0.000000410. The van der Waals surface area contributed by atoms with Crippen LogP contribution >= 0.6 is 0 Å². The smallest absolute Gasteiger partial charge is 0 e. The molecule has 0 bridgehead atoms. The molecule has 0 atom stereocenters. The zero-order valence-electron chi connectivity index (χ0n) is 23.9. The van der Waals surface area contributed by atoms with Gasteiger partial charge >= 0.3 is 0 Å². The Morgan fingerprint density at radius 1 is 0.219 bits per heavy atom. The van der Waals surface area contributed by atoms with E-state index in [0.717, 1.165) is 47.3 Å². The molecule has 0 spiro atoms. The quantitative estimate of drug-likeness (QED) is 0.344. The summed E-state index contributed by atoms with van der Waals surface area (Å²) >= 11 is 0. The Kier molecular flexibility index (Phi) is 16.4. The van der Waals surface area contributed by atoms with Crippen LogP contribution in [0.2, 0.25) is 0 Å². The second kappa shape index (κ2) is 17.4. The van der Waals surface area contributed by atoms with Crippen molar-refractivity contribution in [1.82, 2.24) is 0 Å². The van der Waals surface area contributed by atoms with Gasteiger partial charge in [0.05, 0.1) is 0 Å². The lowest BCUT2D eigenvalue weighted by Crippen LogP contribution is -2.08. The van der Waals surface area contributed by atoms with Crippen LogP contribution in [0, 0.1) is 47.3 Å². The average Bonchev–Trinajstić information content (AvgIpc) is 2.78. The fourth-order valence-electron chi connectivity index (χ4n) is 5.71. The summed E-state index contributed by atoms with van der Waals surface area (Å²) in [6.45, 7) is 18.9. The lowest BCUT2D eigenvalue weighted by atomic mass is 9.84. The molecule has 194 valence electrons. The minimum Gasteiger partial charge on any atom is -0.0625 e. The van der Waals surface area contributed by atoms with Crippen molar-refractivity contribution in [3.63, 3.8) is 0 Å². The van der Waals surface area contributed by atoms with Crippen LogP contribution in [0.25, 0.3) is 0 Å². The third-order valence-corrected chi connectivity index (χ3v) is 9.22. The fraction of sp³-hybridized carbons (Fsp3) is 1.00. The zero-order valence-corrected chi connectivity index (χ0v) is 23.9. The fourth-order valence-corrected chi connectivity index (χ4v) is 5.71. The Morgan fingerprint density at radius 2 is 0.281 bits per heavy atom. The first-order valence-electron chi connectivity index (χ1n) is 15.2. The highest BCUT2D eigenvalue weighted by Gasteiger charge is 2.15. The molecule has 4 rings (SSSR count). The van der Waals surface area contributed by atoms with Crippen molar-refractivity contribution in [2.45, 2.75) is 158 Å². The topological polar surface area (TPSA) is 0 Å². The van der Waals surface area contributed by atoms with Gasteiger partial charge in [0.25, 0.3) is 0 Å². The summed E-state index contributed by atoms with van der Waals surface area (Å²) in [7, 11) is 0. The van der Waals surface area contributed by atoms with Gasteiger partial charge in [-0.2, -0.15) is 0 Å². The first kappa shape index (κ1) is 30.0. The SMILES string of the molecule is CC1CCC(C)CC1.CC1CCC(C)CC1.CC1CCC(C)CC1.CC1CCC(C)CC1.[HH]. The minimum atomic E-state index is 0. The van der Waals surface area contributed by atoms with Gasteiger partial charge in [0, 0.05) is 1.43 Å². The highest BCUT2D eigenvalue weighted by atomic mass is 14.2. The summed E-state index contributed by atoms with van der Waals surface area (Å²) in [6, 6.07) is 0. The van der Waals surface area contributed by atoms with Crippen LogP contribution in [0.4, 0.5) is 0 Å². The third-order valence-electron chi connectivity index (χ3n) is 9.22. The standard InChI is InChI=1S/4C8H16.H2/c4*1-7-3-5-8(2)6-4-7;/h4*7-8H,3-6H2,1-2H3;1H. The van der Waals surface area contributed by atoms with E-state index < -0.39 is 0 Å². The van der Waals surface area contributed by atoms with Crippen LogP contribution in [0.15, 0.2) is 0 Å². The maximum Gasteiger partial charge on any atom is 0 e. The van der Waals surface area contributed by atoms with Crippen molar-refractivity contribution < 1.29 is 1.43 Å². The van der Waals surface area contributed by atoms with Crippen molar-refractivity contribution in [1.29, 1.82) is 0 Å². The molecule has 32 heavy (non-hydrogen) atoms. The Hall–Kier alpha value is 0. The summed E-state index contributed by atoms with van der Waals surface area (Å²) in [5.74, 6) is 8.16. The summed E-state index contributed by atoms with van der Waals surface area (Å²) < 4.78 is 0. The number of hydrogen-bond donors (Lipinski definition) is 0. The monoisotopic (exact) mass is 451 g/mol. The predicted molar refractivity (Wildman–Crippen MR) is 149 cm³/mol. The van der Waals surface area contributed by atoms with Crippen molar-refractivity contribution >= 4 is 0 Å². The molecule has 4 fully saturated rings. The highest BCUT2D eigenvalue weighted by molar-refractivity contribution is 4.67. The van der Waals surface area contributed by atoms with Gasteiger partial charge in [0.2, 0.25) is 0 Å². The molecule has 4 aliphatic carbocycles. The van der Waals surface area contributed by atoms with E-state index in [-0.39, 0.29) is 1.43 Å². The Bertz CT molecular complexity index is 280. The average molecular weight is 451 g/mol.